The second kappa shape index (κ2) is 7.60. The Hall–Kier alpha value is -1.49. The first-order chi connectivity index (χ1) is 11.2. The van der Waals surface area contributed by atoms with Crippen molar-refractivity contribution in [2.45, 2.75) is 66.0 Å². The number of piperidine rings is 1. The highest BCUT2D eigenvalue weighted by Crippen LogP contribution is 2.34. The topological polar surface area (TPSA) is 65.7 Å². The molecule has 1 aromatic heterocycles. The predicted molar refractivity (Wildman–Crippen MR) is 94.8 cm³/mol. The molecule has 2 N–H and O–H groups in total. The third kappa shape index (κ3) is 4.53. The Labute approximate surface area is 145 Å². The summed E-state index contributed by atoms with van der Waals surface area (Å²) in [6.07, 6.45) is 2.25. The first-order valence-electron chi connectivity index (χ1n) is 9.04. The third-order valence-electron chi connectivity index (χ3n) is 4.96. The first kappa shape index (κ1) is 18.8. The Bertz CT molecular complexity index is 537. The number of nitrogens with zero attached hydrogens (tertiary/aromatic N) is 1. The number of urea groups is 1. The minimum atomic E-state index is -0.298. The Morgan fingerprint density at radius 1 is 1.38 bits per heavy atom. The summed E-state index contributed by atoms with van der Waals surface area (Å²) in [5, 5.41) is 12.9. The molecule has 24 heavy (non-hydrogen) atoms. The van der Waals surface area contributed by atoms with Crippen LogP contribution in [-0.2, 0) is 6.42 Å². The highest BCUT2D eigenvalue weighted by molar-refractivity contribution is 5.74. The molecule has 0 saturated carbocycles. The summed E-state index contributed by atoms with van der Waals surface area (Å²) in [4.78, 5) is 14.5. The molecule has 2 heterocycles. The quantitative estimate of drug-likeness (QED) is 0.880. The van der Waals surface area contributed by atoms with E-state index >= 15 is 0 Å². The van der Waals surface area contributed by atoms with Crippen LogP contribution in [-0.4, -0.2) is 35.2 Å². The van der Waals surface area contributed by atoms with Gasteiger partial charge in [0.1, 0.15) is 11.5 Å². The van der Waals surface area contributed by atoms with E-state index in [9.17, 15) is 9.90 Å². The number of likely N-dealkylation sites (tertiary alicyclic amines) is 1. The molecule has 5 nitrogen and oxygen atoms in total. The number of hydrogen-bond acceptors (Lipinski definition) is 3. The predicted octanol–water partition coefficient (Wildman–Crippen LogP) is 3.73. The highest BCUT2D eigenvalue weighted by atomic mass is 16.3. The highest BCUT2D eigenvalue weighted by Gasteiger charge is 2.33. The lowest BCUT2D eigenvalue weighted by molar-refractivity contribution is 0.0778. The molecular formula is C19H32N2O3. The van der Waals surface area contributed by atoms with Gasteiger partial charge in [-0.15, -0.1) is 0 Å². The minimum absolute atomic E-state index is 0.0478. The van der Waals surface area contributed by atoms with Gasteiger partial charge >= 0.3 is 6.03 Å². The molecule has 1 aliphatic heterocycles. The summed E-state index contributed by atoms with van der Waals surface area (Å²) in [6.45, 7) is 11.6. The van der Waals surface area contributed by atoms with Gasteiger partial charge in [-0.25, -0.2) is 4.79 Å². The van der Waals surface area contributed by atoms with Crippen LogP contribution in [0.2, 0.25) is 0 Å². The van der Waals surface area contributed by atoms with Crippen LogP contribution in [0, 0.1) is 11.3 Å². The van der Waals surface area contributed by atoms with Crippen LogP contribution >= 0.6 is 0 Å². The van der Waals surface area contributed by atoms with Crippen molar-refractivity contribution in [3.63, 3.8) is 0 Å². The number of aliphatic hydroxyl groups is 1. The molecule has 0 spiro atoms. The van der Waals surface area contributed by atoms with Crippen molar-refractivity contribution in [2.24, 2.45) is 11.3 Å². The molecule has 0 aromatic carbocycles. The van der Waals surface area contributed by atoms with E-state index in [0.717, 1.165) is 30.8 Å². The smallest absolute Gasteiger partial charge is 0.318 e. The fraction of sp³-hybridized carbons (Fsp3) is 0.737. The SMILES string of the molecule is CCc1ccc(C(NC(=O)N2CCC(C(C)O)CC2)C(C)(C)C)o1. The summed E-state index contributed by atoms with van der Waals surface area (Å²) < 4.78 is 5.89. The van der Waals surface area contributed by atoms with Crippen LogP contribution < -0.4 is 5.32 Å². The van der Waals surface area contributed by atoms with Gasteiger partial charge in [-0.3, -0.25) is 0 Å². The fourth-order valence-corrected chi connectivity index (χ4v) is 3.25. The van der Waals surface area contributed by atoms with E-state index < -0.39 is 0 Å². The zero-order valence-electron chi connectivity index (χ0n) is 15.6. The normalized spacial score (nSPS) is 19.2. The van der Waals surface area contributed by atoms with Crippen molar-refractivity contribution in [3.05, 3.63) is 23.7 Å². The lowest BCUT2D eigenvalue weighted by Crippen LogP contribution is -2.48. The zero-order chi connectivity index (χ0) is 17.9. The fourth-order valence-electron chi connectivity index (χ4n) is 3.25. The van der Waals surface area contributed by atoms with Crippen molar-refractivity contribution in [1.82, 2.24) is 10.2 Å². The Kier molecular flexibility index (Phi) is 5.97. The number of aliphatic hydroxyl groups excluding tert-OH is 1. The van der Waals surface area contributed by atoms with Gasteiger partial charge in [0.15, 0.2) is 0 Å². The molecule has 2 amide bonds. The number of hydrogen-bond donors (Lipinski definition) is 2. The number of rotatable bonds is 4. The van der Waals surface area contributed by atoms with Gasteiger partial charge in [0.2, 0.25) is 0 Å². The van der Waals surface area contributed by atoms with Crippen molar-refractivity contribution in [3.8, 4) is 0 Å². The van der Waals surface area contributed by atoms with E-state index in [-0.39, 0.29) is 23.6 Å². The largest absolute Gasteiger partial charge is 0.464 e. The molecule has 1 fully saturated rings. The molecule has 5 heteroatoms. The van der Waals surface area contributed by atoms with Crippen LogP contribution in [0.5, 0.6) is 0 Å². The molecule has 0 aliphatic carbocycles. The van der Waals surface area contributed by atoms with Crippen molar-refractivity contribution in [2.75, 3.05) is 13.1 Å². The first-order valence-corrected chi connectivity index (χ1v) is 9.04. The molecule has 136 valence electrons. The van der Waals surface area contributed by atoms with Crippen LogP contribution in [0.15, 0.2) is 16.5 Å². The number of aryl methyl sites for hydroxylation is 1. The molecular weight excluding hydrogens is 304 g/mol. The Morgan fingerprint density at radius 2 is 2.00 bits per heavy atom. The van der Waals surface area contributed by atoms with E-state index in [0.29, 0.717) is 19.0 Å². The van der Waals surface area contributed by atoms with Gasteiger partial charge in [-0.05, 0) is 43.2 Å². The monoisotopic (exact) mass is 336 g/mol. The maximum Gasteiger partial charge on any atom is 0.318 e. The van der Waals surface area contributed by atoms with Crippen LogP contribution in [0.25, 0.3) is 0 Å². The molecule has 1 aliphatic rings. The lowest BCUT2D eigenvalue weighted by Gasteiger charge is -2.36. The Balaban J connectivity index is 2.03. The molecule has 0 bridgehead atoms. The second-order valence-corrected chi connectivity index (χ2v) is 7.97. The average molecular weight is 336 g/mol. The molecule has 1 aromatic rings. The molecule has 1 saturated heterocycles. The van der Waals surface area contributed by atoms with Gasteiger partial charge < -0.3 is 19.7 Å². The third-order valence-corrected chi connectivity index (χ3v) is 4.96. The lowest BCUT2D eigenvalue weighted by atomic mass is 9.85. The maximum atomic E-state index is 12.7. The number of furan rings is 1. The van der Waals surface area contributed by atoms with Gasteiger partial charge in [0.25, 0.3) is 0 Å². The van der Waals surface area contributed by atoms with Gasteiger partial charge in [0.05, 0.1) is 12.1 Å². The Morgan fingerprint density at radius 3 is 2.46 bits per heavy atom. The molecule has 2 unspecified atom stereocenters. The summed E-state index contributed by atoms with van der Waals surface area (Å²) in [5.41, 5.74) is -0.142. The number of carbonyl (C=O) groups excluding carboxylic acids is 1. The summed E-state index contributed by atoms with van der Waals surface area (Å²) >= 11 is 0. The van der Waals surface area contributed by atoms with Crippen molar-refractivity contribution < 1.29 is 14.3 Å². The molecule has 2 rings (SSSR count). The van der Waals surface area contributed by atoms with E-state index in [2.05, 4.69) is 33.0 Å². The van der Waals surface area contributed by atoms with E-state index in [4.69, 9.17) is 4.42 Å². The molecule has 2 atom stereocenters. The number of amides is 2. The van der Waals surface area contributed by atoms with Gasteiger partial charge in [-0.2, -0.15) is 0 Å². The van der Waals surface area contributed by atoms with E-state index in [1.165, 1.54) is 0 Å². The van der Waals surface area contributed by atoms with Crippen LogP contribution in [0.4, 0.5) is 4.79 Å². The molecule has 0 radical (unpaired) electrons. The van der Waals surface area contributed by atoms with E-state index in [1.54, 1.807) is 0 Å². The van der Waals surface area contributed by atoms with Crippen LogP contribution in [0.3, 0.4) is 0 Å². The summed E-state index contributed by atoms with van der Waals surface area (Å²) in [6, 6.07) is 3.73. The summed E-state index contributed by atoms with van der Waals surface area (Å²) in [7, 11) is 0. The maximum absolute atomic E-state index is 12.7. The zero-order valence-corrected chi connectivity index (χ0v) is 15.6. The number of carbonyl (C=O) groups is 1. The second-order valence-electron chi connectivity index (χ2n) is 7.97. The van der Waals surface area contributed by atoms with Crippen LogP contribution in [0.1, 0.15) is 65.0 Å². The van der Waals surface area contributed by atoms with Gasteiger partial charge in [-0.1, -0.05) is 27.7 Å². The van der Waals surface area contributed by atoms with Crippen molar-refractivity contribution >= 4 is 6.03 Å². The van der Waals surface area contributed by atoms with Crippen molar-refractivity contribution in [1.29, 1.82) is 0 Å². The average Bonchev–Trinajstić information content (AvgIpc) is 2.99. The van der Waals surface area contributed by atoms with Gasteiger partial charge in [0, 0.05) is 19.5 Å². The minimum Gasteiger partial charge on any atom is -0.464 e. The summed E-state index contributed by atoms with van der Waals surface area (Å²) in [5.74, 6) is 2.04. The standard InChI is InChI=1S/C19H32N2O3/c1-6-15-7-8-16(24-15)17(19(3,4)5)20-18(23)21-11-9-14(10-12-21)13(2)22/h7-8,13-14,17,22H,6,9-12H2,1-5H3,(H,20,23). The number of nitrogens with one attached hydrogen (secondary N) is 1. The van der Waals surface area contributed by atoms with E-state index in [1.807, 2.05) is 24.0 Å².